The Bertz CT molecular complexity index is 120. The number of rotatable bonds is 5. The van der Waals surface area contributed by atoms with Crippen LogP contribution in [0, 0.1) is 0 Å². The van der Waals surface area contributed by atoms with Gasteiger partial charge in [-0.15, -0.1) is 6.58 Å². The van der Waals surface area contributed by atoms with Gasteiger partial charge >= 0.3 is 5.97 Å². The zero-order valence-corrected chi connectivity index (χ0v) is 6.04. The van der Waals surface area contributed by atoms with E-state index in [9.17, 15) is 4.79 Å². The fraction of sp³-hybridized carbons (Fsp3) is 0.571. The van der Waals surface area contributed by atoms with E-state index in [1.165, 1.54) is 6.08 Å². The first-order valence-electron chi connectivity index (χ1n) is 3.17. The van der Waals surface area contributed by atoms with E-state index in [4.69, 9.17) is 9.84 Å². The second-order valence-electron chi connectivity index (χ2n) is 1.86. The van der Waals surface area contributed by atoms with E-state index in [0.717, 1.165) is 0 Å². The number of carbonyl (C=O) groups is 1. The first kappa shape index (κ1) is 9.17. The third kappa shape index (κ3) is 3.25. The van der Waals surface area contributed by atoms with Gasteiger partial charge in [0.1, 0.15) is 0 Å². The van der Waals surface area contributed by atoms with Gasteiger partial charge in [0, 0.05) is 0 Å². The van der Waals surface area contributed by atoms with Crippen molar-refractivity contribution in [2.45, 2.75) is 19.4 Å². The summed E-state index contributed by atoms with van der Waals surface area (Å²) in [6, 6.07) is 0. The fourth-order valence-electron chi connectivity index (χ4n) is 0.548. The maximum atomic E-state index is 10.3. The van der Waals surface area contributed by atoms with E-state index >= 15 is 0 Å². The minimum absolute atomic E-state index is 0.296. The van der Waals surface area contributed by atoms with Crippen molar-refractivity contribution >= 4 is 5.97 Å². The average Bonchev–Trinajstić information content (AvgIpc) is 1.89. The van der Waals surface area contributed by atoms with Crippen LogP contribution in [0.5, 0.6) is 0 Å². The summed E-state index contributed by atoms with van der Waals surface area (Å²) in [7, 11) is 0. The van der Waals surface area contributed by atoms with E-state index in [0.29, 0.717) is 13.0 Å². The summed E-state index contributed by atoms with van der Waals surface area (Å²) in [4.78, 5) is 10.3. The number of hydrogen-bond acceptors (Lipinski definition) is 2. The Labute approximate surface area is 60.3 Å². The topological polar surface area (TPSA) is 46.5 Å². The number of aliphatic carboxylic acids is 1. The van der Waals surface area contributed by atoms with Crippen LogP contribution in [0.4, 0.5) is 0 Å². The molecule has 58 valence electrons. The van der Waals surface area contributed by atoms with Gasteiger partial charge in [0.15, 0.2) is 6.10 Å². The monoisotopic (exact) mass is 144 g/mol. The van der Waals surface area contributed by atoms with Gasteiger partial charge in [-0.25, -0.2) is 4.79 Å². The third-order valence-corrected chi connectivity index (χ3v) is 1.06. The summed E-state index contributed by atoms with van der Waals surface area (Å²) < 4.78 is 4.88. The van der Waals surface area contributed by atoms with Gasteiger partial charge in [-0.1, -0.05) is 13.0 Å². The third-order valence-electron chi connectivity index (χ3n) is 1.06. The number of hydrogen-bond donors (Lipinski definition) is 1. The summed E-state index contributed by atoms with van der Waals surface area (Å²) in [6.45, 7) is 5.47. The highest BCUT2D eigenvalue weighted by atomic mass is 16.5. The molecule has 0 aromatic rings. The molecule has 3 heteroatoms. The number of carboxylic acid groups (broad SMARTS) is 1. The lowest BCUT2D eigenvalue weighted by molar-refractivity contribution is -0.149. The van der Waals surface area contributed by atoms with Crippen molar-refractivity contribution in [3.8, 4) is 0 Å². The minimum atomic E-state index is -0.913. The maximum Gasteiger partial charge on any atom is 0.332 e. The van der Waals surface area contributed by atoms with Gasteiger partial charge < -0.3 is 9.84 Å². The molecule has 0 aliphatic rings. The van der Waals surface area contributed by atoms with Crippen molar-refractivity contribution in [1.82, 2.24) is 0 Å². The summed E-state index contributed by atoms with van der Waals surface area (Å²) in [5, 5.41) is 8.44. The first-order valence-corrected chi connectivity index (χ1v) is 3.17. The smallest absolute Gasteiger partial charge is 0.332 e. The Hall–Kier alpha value is -0.830. The van der Waals surface area contributed by atoms with Gasteiger partial charge in [0.2, 0.25) is 0 Å². The van der Waals surface area contributed by atoms with Crippen molar-refractivity contribution in [2.75, 3.05) is 6.61 Å². The van der Waals surface area contributed by atoms with E-state index < -0.39 is 12.1 Å². The predicted octanol–water partition coefficient (Wildman–Crippen LogP) is 1.05. The van der Waals surface area contributed by atoms with Gasteiger partial charge in [-0.05, 0) is 6.42 Å². The van der Waals surface area contributed by atoms with Crippen molar-refractivity contribution in [3.63, 3.8) is 0 Å². The second-order valence-corrected chi connectivity index (χ2v) is 1.86. The summed E-state index contributed by atoms with van der Waals surface area (Å²) >= 11 is 0. The van der Waals surface area contributed by atoms with Gasteiger partial charge in [-0.2, -0.15) is 0 Å². The number of carboxylic acids is 1. The summed E-state index contributed by atoms with van der Waals surface area (Å²) in [5.41, 5.74) is 0. The van der Waals surface area contributed by atoms with Crippen LogP contribution in [-0.4, -0.2) is 23.8 Å². The average molecular weight is 144 g/mol. The molecule has 0 saturated heterocycles. The standard InChI is InChI=1S/C7H12O3/c1-3-5-10-6(4-2)7(8)9/h3,6H,1,4-5H2,2H3,(H,8,9). The Morgan fingerprint density at radius 3 is 2.80 bits per heavy atom. The van der Waals surface area contributed by atoms with Crippen molar-refractivity contribution < 1.29 is 14.6 Å². The molecule has 0 fully saturated rings. The SMILES string of the molecule is C=CCOC(CC)C(=O)O. The van der Waals surface area contributed by atoms with Gasteiger partial charge in [0.05, 0.1) is 6.61 Å². The van der Waals surface area contributed by atoms with Crippen LogP contribution < -0.4 is 0 Å². The largest absolute Gasteiger partial charge is 0.479 e. The molecule has 1 N–H and O–H groups in total. The lowest BCUT2D eigenvalue weighted by atomic mass is 10.3. The molecule has 0 rings (SSSR count). The minimum Gasteiger partial charge on any atom is -0.479 e. The molecule has 0 radical (unpaired) electrons. The van der Waals surface area contributed by atoms with E-state index in [-0.39, 0.29) is 0 Å². The van der Waals surface area contributed by atoms with Crippen LogP contribution in [0.2, 0.25) is 0 Å². The second kappa shape index (κ2) is 4.99. The van der Waals surface area contributed by atoms with E-state index in [1.807, 2.05) is 0 Å². The highest BCUT2D eigenvalue weighted by molar-refractivity contribution is 5.72. The van der Waals surface area contributed by atoms with E-state index in [2.05, 4.69) is 6.58 Å². The van der Waals surface area contributed by atoms with Gasteiger partial charge in [0.25, 0.3) is 0 Å². The quantitative estimate of drug-likeness (QED) is 0.587. The number of ether oxygens (including phenoxy) is 1. The van der Waals surface area contributed by atoms with Crippen LogP contribution in [0.1, 0.15) is 13.3 Å². The molecule has 0 heterocycles. The van der Waals surface area contributed by atoms with Crippen LogP contribution >= 0.6 is 0 Å². The molecule has 0 aromatic carbocycles. The molecular formula is C7H12O3. The Kier molecular flexibility index (Phi) is 4.58. The molecular weight excluding hydrogens is 132 g/mol. The molecule has 0 spiro atoms. The molecule has 10 heavy (non-hydrogen) atoms. The maximum absolute atomic E-state index is 10.3. The van der Waals surface area contributed by atoms with Crippen LogP contribution in [-0.2, 0) is 9.53 Å². The Morgan fingerprint density at radius 1 is 1.90 bits per heavy atom. The van der Waals surface area contributed by atoms with Crippen molar-refractivity contribution in [1.29, 1.82) is 0 Å². The van der Waals surface area contributed by atoms with Crippen LogP contribution in [0.25, 0.3) is 0 Å². The highest BCUT2D eigenvalue weighted by Crippen LogP contribution is 1.96. The molecule has 1 unspecified atom stereocenters. The Balaban J connectivity index is 3.60. The zero-order chi connectivity index (χ0) is 7.98. The lowest BCUT2D eigenvalue weighted by Gasteiger charge is -2.08. The van der Waals surface area contributed by atoms with Crippen LogP contribution in [0.15, 0.2) is 12.7 Å². The normalized spacial score (nSPS) is 12.5. The molecule has 0 aliphatic heterocycles. The van der Waals surface area contributed by atoms with Crippen molar-refractivity contribution in [3.05, 3.63) is 12.7 Å². The lowest BCUT2D eigenvalue weighted by Crippen LogP contribution is -2.22. The van der Waals surface area contributed by atoms with Crippen LogP contribution in [0.3, 0.4) is 0 Å². The predicted molar refractivity (Wildman–Crippen MR) is 37.9 cm³/mol. The zero-order valence-electron chi connectivity index (χ0n) is 6.04. The fourth-order valence-corrected chi connectivity index (χ4v) is 0.548. The molecule has 1 atom stereocenters. The first-order chi connectivity index (χ1) is 4.72. The molecule has 0 saturated carbocycles. The summed E-state index contributed by atoms with van der Waals surface area (Å²) in [5.74, 6) is -0.913. The van der Waals surface area contributed by atoms with Crippen molar-refractivity contribution in [2.24, 2.45) is 0 Å². The Morgan fingerprint density at radius 2 is 2.50 bits per heavy atom. The molecule has 0 bridgehead atoms. The molecule has 0 aliphatic carbocycles. The highest BCUT2D eigenvalue weighted by Gasteiger charge is 2.13. The molecule has 0 amide bonds. The molecule has 3 nitrogen and oxygen atoms in total. The summed E-state index contributed by atoms with van der Waals surface area (Å²) in [6.07, 6.45) is 1.34. The van der Waals surface area contributed by atoms with Gasteiger partial charge in [-0.3, -0.25) is 0 Å². The molecule has 0 aromatic heterocycles. The van der Waals surface area contributed by atoms with E-state index in [1.54, 1.807) is 6.92 Å².